The second-order valence-electron chi connectivity index (χ2n) is 8.11. The number of benzene rings is 2. The first-order valence-corrected chi connectivity index (χ1v) is 11.0. The van der Waals surface area contributed by atoms with E-state index in [9.17, 15) is 27.9 Å². The zero-order chi connectivity index (χ0) is 25.9. The highest BCUT2D eigenvalue weighted by molar-refractivity contribution is 6.34. The first-order valence-electron chi connectivity index (χ1n) is 10.6. The lowest BCUT2D eigenvalue weighted by Gasteiger charge is -2.12. The van der Waals surface area contributed by atoms with E-state index in [4.69, 9.17) is 16.3 Å². The van der Waals surface area contributed by atoms with Crippen LogP contribution in [0.1, 0.15) is 12.8 Å². The number of amides is 2. The number of pyridine rings is 1. The van der Waals surface area contributed by atoms with Crippen LogP contribution >= 0.6 is 11.6 Å². The molecule has 1 heterocycles. The number of halogens is 4. The van der Waals surface area contributed by atoms with Crippen LogP contribution in [0.2, 0.25) is 5.02 Å². The summed E-state index contributed by atoms with van der Waals surface area (Å²) in [5, 5.41) is 14.1. The van der Waals surface area contributed by atoms with Crippen LogP contribution in [0.4, 0.5) is 29.3 Å². The number of carbonyl (C=O) groups is 2. The van der Waals surface area contributed by atoms with Gasteiger partial charge in [0.1, 0.15) is 17.8 Å². The fourth-order valence-corrected chi connectivity index (χ4v) is 3.46. The number of carboxylic acids is 1. The predicted molar refractivity (Wildman–Crippen MR) is 125 cm³/mol. The molecule has 1 fully saturated rings. The van der Waals surface area contributed by atoms with E-state index in [-0.39, 0.29) is 17.3 Å². The third-order valence-electron chi connectivity index (χ3n) is 5.44. The Kier molecular flexibility index (Phi) is 6.93. The summed E-state index contributed by atoms with van der Waals surface area (Å²) < 4.78 is 46.2. The highest BCUT2D eigenvalue weighted by Crippen LogP contribution is 2.46. The normalized spacial score (nSPS) is 14.0. The van der Waals surface area contributed by atoms with Gasteiger partial charge in [-0.1, -0.05) is 23.7 Å². The fraction of sp³-hybridized carbons (Fsp3) is 0.208. The summed E-state index contributed by atoms with van der Waals surface area (Å²) in [6, 6.07) is 12.8. The topological polar surface area (TPSA) is 110 Å². The Hall–Kier alpha value is -3.99. The average molecular weight is 522 g/mol. The van der Waals surface area contributed by atoms with Crippen molar-refractivity contribution < 1.29 is 37.3 Å². The number of aromatic nitrogens is 1. The number of hydrogen-bond donors (Lipinski definition) is 3. The van der Waals surface area contributed by atoms with Crippen LogP contribution < -0.4 is 20.1 Å². The molecule has 3 aromatic rings. The maximum atomic E-state index is 12.3. The standard InChI is InChI=1S/C24H19ClF3N3O5/c25-18-11-17(36-24(26,27)28)6-7-19(18)31-22(34)30-16-4-1-14(2-5-16)15-3-8-20(29-12-15)35-13-23(9-10-23)21(32)33/h1-8,11-12H,9-10,13H2,(H,32,33)(H2,30,31,34). The fourth-order valence-electron chi connectivity index (χ4n) is 3.24. The second kappa shape index (κ2) is 9.94. The minimum Gasteiger partial charge on any atom is -0.481 e. The number of nitrogens with one attached hydrogen (secondary N) is 2. The van der Waals surface area contributed by atoms with Crippen LogP contribution in [0.25, 0.3) is 11.1 Å². The molecule has 0 unspecified atom stereocenters. The van der Waals surface area contributed by atoms with Gasteiger partial charge in [-0.3, -0.25) is 4.79 Å². The zero-order valence-corrected chi connectivity index (χ0v) is 19.2. The number of ether oxygens (including phenoxy) is 2. The van der Waals surface area contributed by atoms with E-state index in [2.05, 4.69) is 20.4 Å². The van der Waals surface area contributed by atoms with Gasteiger partial charge in [-0.05, 0) is 48.7 Å². The summed E-state index contributed by atoms with van der Waals surface area (Å²) in [6.45, 7) is 0.0772. The molecule has 8 nitrogen and oxygen atoms in total. The summed E-state index contributed by atoms with van der Waals surface area (Å²) in [5.74, 6) is -1.04. The Bertz CT molecular complexity index is 1260. The summed E-state index contributed by atoms with van der Waals surface area (Å²) in [4.78, 5) is 27.7. The predicted octanol–water partition coefficient (Wildman–Crippen LogP) is 6.19. The van der Waals surface area contributed by atoms with E-state index in [1.165, 1.54) is 6.07 Å². The minimum absolute atomic E-state index is 0.0772. The van der Waals surface area contributed by atoms with Crippen molar-refractivity contribution in [1.82, 2.24) is 4.98 Å². The van der Waals surface area contributed by atoms with Crippen molar-refractivity contribution in [1.29, 1.82) is 0 Å². The Morgan fingerprint density at radius 1 is 1.03 bits per heavy atom. The van der Waals surface area contributed by atoms with Crippen LogP contribution in [0.15, 0.2) is 60.8 Å². The Labute approximate surface area is 208 Å². The Morgan fingerprint density at radius 3 is 2.28 bits per heavy atom. The van der Waals surface area contributed by atoms with Crippen molar-refractivity contribution in [2.24, 2.45) is 5.41 Å². The van der Waals surface area contributed by atoms with E-state index in [0.717, 1.165) is 23.3 Å². The molecule has 2 amide bonds. The van der Waals surface area contributed by atoms with Gasteiger partial charge in [-0.15, -0.1) is 13.2 Å². The van der Waals surface area contributed by atoms with Gasteiger partial charge in [0, 0.05) is 29.6 Å². The summed E-state index contributed by atoms with van der Waals surface area (Å²) in [5.41, 5.74) is 1.36. The van der Waals surface area contributed by atoms with Crippen LogP contribution in [0.3, 0.4) is 0 Å². The first kappa shape index (κ1) is 25.1. The van der Waals surface area contributed by atoms with Crippen LogP contribution in [-0.4, -0.2) is 35.1 Å². The van der Waals surface area contributed by atoms with E-state index in [0.29, 0.717) is 24.4 Å². The number of anilines is 2. The highest BCUT2D eigenvalue weighted by Gasteiger charge is 2.51. The molecule has 0 spiro atoms. The monoisotopic (exact) mass is 521 g/mol. The van der Waals surface area contributed by atoms with Crippen LogP contribution in [0, 0.1) is 5.41 Å². The van der Waals surface area contributed by atoms with Gasteiger partial charge in [-0.25, -0.2) is 9.78 Å². The third kappa shape index (κ3) is 6.36. The van der Waals surface area contributed by atoms with Crippen molar-refractivity contribution in [2.45, 2.75) is 19.2 Å². The number of urea groups is 1. The molecule has 1 aliphatic rings. The maximum Gasteiger partial charge on any atom is 0.573 e. The smallest absolute Gasteiger partial charge is 0.481 e. The van der Waals surface area contributed by atoms with Crippen molar-refractivity contribution in [3.05, 3.63) is 65.8 Å². The van der Waals surface area contributed by atoms with Crippen LogP contribution in [-0.2, 0) is 4.79 Å². The first-order chi connectivity index (χ1) is 17.0. The molecular weight excluding hydrogens is 503 g/mol. The van der Waals surface area contributed by atoms with Gasteiger partial charge >= 0.3 is 18.4 Å². The van der Waals surface area contributed by atoms with Gasteiger partial charge in [0.15, 0.2) is 0 Å². The number of carboxylic acid groups (broad SMARTS) is 1. The minimum atomic E-state index is -4.85. The lowest BCUT2D eigenvalue weighted by Crippen LogP contribution is -2.23. The molecule has 3 N–H and O–H groups in total. The van der Waals surface area contributed by atoms with Gasteiger partial charge in [-0.2, -0.15) is 0 Å². The van der Waals surface area contributed by atoms with E-state index in [1.807, 2.05) is 0 Å². The van der Waals surface area contributed by atoms with Gasteiger partial charge in [0.2, 0.25) is 5.88 Å². The van der Waals surface area contributed by atoms with Crippen molar-refractivity contribution in [2.75, 3.05) is 17.2 Å². The second-order valence-corrected chi connectivity index (χ2v) is 8.51. The lowest BCUT2D eigenvalue weighted by molar-refractivity contribution is -0.274. The molecule has 188 valence electrons. The maximum absolute atomic E-state index is 12.3. The molecule has 1 aliphatic carbocycles. The molecule has 0 atom stereocenters. The Morgan fingerprint density at radius 2 is 1.72 bits per heavy atom. The van der Waals surface area contributed by atoms with Crippen LogP contribution in [0.5, 0.6) is 11.6 Å². The number of rotatable bonds is 8. The van der Waals surface area contributed by atoms with Gasteiger partial charge < -0.3 is 25.2 Å². The molecule has 0 bridgehead atoms. The molecule has 2 aromatic carbocycles. The molecule has 0 saturated heterocycles. The number of nitrogens with zero attached hydrogens (tertiary/aromatic N) is 1. The summed E-state index contributed by atoms with van der Waals surface area (Å²) >= 11 is 5.93. The van der Waals surface area contributed by atoms with E-state index >= 15 is 0 Å². The average Bonchev–Trinajstić information content (AvgIpc) is 3.61. The van der Waals surface area contributed by atoms with Crippen molar-refractivity contribution in [3.8, 4) is 22.8 Å². The van der Waals surface area contributed by atoms with E-state index < -0.39 is 29.5 Å². The molecule has 0 aliphatic heterocycles. The number of aliphatic carboxylic acids is 1. The van der Waals surface area contributed by atoms with Gasteiger partial charge in [0.25, 0.3) is 0 Å². The molecule has 1 saturated carbocycles. The molecule has 4 rings (SSSR count). The van der Waals surface area contributed by atoms with E-state index in [1.54, 1.807) is 42.6 Å². The van der Waals surface area contributed by atoms with Crippen molar-refractivity contribution >= 4 is 35.0 Å². The number of hydrogen-bond acceptors (Lipinski definition) is 5. The molecule has 36 heavy (non-hydrogen) atoms. The zero-order valence-electron chi connectivity index (χ0n) is 18.4. The molecule has 1 aromatic heterocycles. The molecule has 0 radical (unpaired) electrons. The quantitative estimate of drug-likeness (QED) is 0.326. The highest BCUT2D eigenvalue weighted by atomic mass is 35.5. The lowest BCUT2D eigenvalue weighted by atomic mass is 10.1. The Balaban J connectivity index is 1.31. The van der Waals surface area contributed by atoms with Gasteiger partial charge in [0.05, 0.1) is 10.7 Å². The summed E-state index contributed by atoms with van der Waals surface area (Å²) in [7, 11) is 0. The molecular formula is C24H19ClF3N3O5. The number of alkyl halides is 3. The molecule has 12 heteroatoms. The SMILES string of the molecule is O=C(Nc1ccc(-c2ccc(OCC3(C(=O)O)CC3)nc2)cc1)Nc1ccc(OC(F)(F)F)cc1Cl. The third-order valence-corrected chi connectivity index (χ3v) is 5.75. The number of carbonyl (C=O) groups excluding carboxylic acids is 1. The van der Waals surface area contributed by atoms with Crippen molar-refractivity contribution in [3.63, 3.8) is 0 Å². The summed E-state index contributed by atoms with van der Waals surface area (Å²) in [6.07, 6.45) is -2.07. The largest absolute Gasteiger partial charge is 0.573 e.